The van der Waals surface area contributed by atoms with Crippen molar-refractivity contribution >= 4 is 21.6 Å². The fraction of sp³-hybridized carbons (Fsp3) is 0.571. The van der Waals surface area contributed by atoms with Crippen molar-refractivity contribution in [3.05, 3.63) is 38.3 Å². The van der Waals surface area contributed by atoms with Gasteiger partial charge in [0, 0.05) is 29.7 Å². The van der Waals surface area contributed by atoms with Gasteiger partial charge in [-0.25, -0.2) is 0 Å². The zero-order chi connectivity index (χ0) is 14.7. The smallest absolute Gasteiger partial charge is 0.275 e. The SMILES string of the molecule is CN(C)C1CCCN(Cc2c(Br)cccc2[N+](=O)[O-])C1. The Morgan fingerprint density at radius 1 is 1.50 bits per heavy atom. The first kappa shape index (κ1) is 15.4. The number of hydrogen-bond acceptors (Lipinski definition) is 4. The Morgan fingerprint density at radius 3 is 2.90 bits per heavy atom. The topological polar surface area (TPSA) is 49.6 Å². The summed E-state index contributed by atoms with van der Waals surface area (Å²) in [7, 11) is 4.18. The zero-order valence-corrected chi connectivity index (χ0v) is 13.5. The first-order valence-corrected chi connectivity index (χ1v) is 7.59. The quantitative estimate of drug-likeness (QED) is 0.624. The molecule has 1 aliphatic rings. The Morgan fingerprint density at radius 2 is 2.25 bits per heavy atom. The van der Waals surface area contributed by atoms with E-state index in [9.17, 15) is 10.1 Å². The molecule has 1 heterocycles. The number of benzene rings is 1. The summed E-state index contributed by atoms with van der Waals surface area (Å²) >= 11 is 3.44. The first-order valence-electron chi connectivity index (χ1n) is 6.79. The normalized spacial score (nSPS) is 20.3. The van der Waals surface area contributed by atoms with E-state index >= 15 is 0 Å². The Labute approximate surface area is 127 Å². The van der Waals surface area contributed by atoms with Crippen LogP contribution in [-0.2, 0) is 6.54 Å². The monoisotopic (exact) mass is 341 g/mol. The molecule has 0 aliphatic carbocycles. The van der Waals surface area contributed by atoms with Crippen LogP contribution in [0.2, 0.25) is 0 Å². The average molecular weight is 342 g/mol. The standard InChI is InChI=1S/C14H20BrN3O2/c1-16(2)11-5-4-8-17(9-11)10-12-13(15)6-3-7-14(12)18(19)20/h3,6-7,11H,4-5,8-10H2,1-2H3. The first-order chi connectivity index (χ1) is 9.49. The largest absolute Gasteiger partial charge is 0.305 e. The van der Waals surface area contributed by atoms with Crippen molar-refractivity contribution in [2.45, 2.75) is 25.4 Å². The molecule has 1 aliphatic heterocycles. The fourth-order valence-corrected chi connectivity index (χ4v) is 3.18. The molecule has 1 aromatic carbocycles. The van der Waals surface area contributed by atoms with Crippen LogP contribution in [0.1, 0.15) is 18.4 Å². The van der Waals surface area contributed by atoms with Gasteiger partial charge >= 0.3 is 0 Å². The maximum Gasteiger partial charge on any atom is 0.275 e. The lowest BCUT2D eigenvalue weighted by Crippen LogP contribution is -2.44. The molecule has 0 aromatic heterocycles. The zero-order valence-electron chi connectivity index (χ0n) is 11.9. The summed E-state index contributed by atoms with van der Waals surface area (Å²) in [6.07, 6.45) is 2.34. The minimum absolute atomic E-state index is 0.200. The summed E-state index contributed by atoms with van der Waals surface area (Å²) in [5.74, 6) is 0. The van der Waals surface area contributed by atoms with Crippen molar-refractivity contribution < 1.29 is 4.92 Å². The minimum Gasteiger partial charge on any atom is -0.305 e. The third-order valence-electron chi connectivity index (χ3n) is 3.88. The van der Waals surface area contributed by atoms with E-state index in [4.69, 9.17) is 0 Å². The summed E-state index contributed by atoms with van der Waals surface area (Å²) in [6.45, 7) is 2.59. The van der Waals surface area contributed by atoms with E-state index in [2.05, 4.69) is 39.8 Å². The van der Waals surface area contributed by atoms with Crippen LogP contribution in [-0.4, -0.2) is 47.9 Å². The number of nitro groups is 1. The van der Waals surface area contributed by atoms with Crippen LogP contribution in [0.4, 0.5) is 5.69 Å². The van der Waals surface area contributed by atoms with Gasteiger partial charge < -0.3 is 4.90 Å². The maximum absolute atomic E-state index is 11.1. The Hall–Kier alpha value is -0.980. The number of likely N-dealkylation sites (N-methyl/N-ethyl adjacent to an activating group) is 1. The number of likely N-dealkylation sites (tertiary alicyclic amines) is 1. The summed E-state index contributed by atoms with van der Waals surface area (Å²) in [5.41, 5.74) is 0.975. The number of hydrogen-bond donors (Lipinski definition) is 0. The Kier molecular flexibility index (Phi) is 5.12. The van der Waals surface area contributed by atoms with Gasteiger partial charge in [0.25, 0.3) is 5.69 Å². The van der Waals surface area contributed by atoms with Crippen molar-refractivity contribution in [1.82, 2.24) is 9.80 Å². The van der Waals surface area contributed by atoms with Gasteiger partial charge in [0.05, 0.1) is 10.5 Å². The molecule has 0 N–H and O–H groups in total. The molecule has 20 heavy (non-hydrogen) atoms. The maximum atomic E-state index is 11.1. The van der Waals surface area contributed by atoms with Gasteiger partial charge in [0.2, 0.25) is 0 Å². The number of halogens is 1. The molecule has 1 aromatic rings. The van der Waals surface area contributed by atoms with Crippen LogP contribution in [0.15, 0.2) is 22.7 Å². The molecule has 1 atom stereocenters. The minimum atomic E-state index is -0.298. The molecule has 0 amide bonds. The molecule has 0 spiro atoms. The van der Waals surface area contributed by atoms with Crippen molar-refractivity contribution in [2.75, 3.05) is 27.2 Å². The van der Waals surface area contributed by atoms with E-state index in [-0.39, 0.29) is 10.6 Å². The highest BCUT2D eigenvalue weighted by Gasteiger charge is 2.24. The van der Waals surface area contributed by atoms with E-state index in [1.807, 2.05) is 6.07 Å². The van der Waals surface area contributed by atoms with Crippen molar-refractivity contribution in [3.63, 3.8) is 0 Å². The van der Waals surface area contributed by atoms with Gasteiger partial charge in [-0.1, -0.05) is 22.0 Å². The van der Waals surface area contributed by atoms with Crippen LogP contribution < -0.4 is 0 Å². The lowest BCUT2D eigenvalue weighted by atomic mass is 10.0. The predicted octanol–water partition coefficient (Wildman–Crippen LogP) is 2.88. The van der Waals surface area contributed by atoms with E-state index in [1.165, 1.54) is 6.42 Å². The number of nitrogens with zero attached hydrogens (tertiary/aromatic N) is 3. The Bertz CT molecular complexity index is 493. The summed E-state index contributed by atoms with van der Waals surface area (Å²) in [6, 6.07) is 5.69. The van der Waals surface area contributed by atoms with E-state index in [0.29, 0.717) is 12.6 Å². The van der Waals surface area contributed by atoms with Gasteiger partial charge in [0.15, 0.2) is 0 Å². The molecule has 110 valence electrons. The van der Waals surface area contributed by atoms with Crippen LogP contribution in [0.3, 0.4) is 0 Å². The highest BCUT2D eigenvalue weighted by atomic mass is 79.9. The van der Waals surface area contributed by atoms with Crippen LogP contribution in [0.5, 0.6) is 0 Å². The van der Waals surface area contributed by atoms with E-state index < -0.39 is 0 Å². The average Bonchev–Trinajstić information content (AvgIpc) is 2.41. The molecule has 5 nitrogen and oxygen atoms in total. The van der Waals surface area contributed by atoms with E-state index in [1.54, 1.807) is 12.1 Å². The van der Waals surface area contributed by atoms with Crippen molar-refractivity contribution in [3.8, 4) is 0 Å². The Balaban J connectivity index is 2.15. The number of piperidine rings is 1. The molecular formula is C14H20BrN3O2. The van der Waals surface area contributed by atoms with Gasteiger partial charge in [-0.15, -0.1) is 0 Å². The lowest BCUT2D eigenvalue weighted by Gasteiger charge is -2.36. The van der Waals surface area contributed by atoms with Crippen LogP contribution >= 0.6 is 15.9 Å². The third-order valence-corrected chi connectivity index (χ3v) is 4.63. The summed E-state index contributed by atoms with van der Waals surface area (Å²) in [4.78, 5) is 15.4. The fourth-order valence-electron chi connectivity index (χ4n) is 2.69. The highest BCUT2D eigenvalue weighted by Crippen LogP contribution is 2.29. The summed E-state index contributed by atoms with van der Waals surface area (Å²) in [5, 5.41) is 11.1. The van der Waals surface area contributed by atoms with Crippen molar-refractivity contribution in [1.29, 1.82) is 0 Å². The molecule has 6 heteroatoms. The molecule has 1 unspecified atom stereocenters. The van der Waals surface area contributed by atoms with Crippen LogP contribution in [0, 0.1) is 10.1 Å². The van der Waals surface area contributed by atoms with E-state index in [0.717, 1.165) is 29.5 Å². The molecule has 0 radical (unpaired) electrons. The highest BCUT2D eigenvalue weighted by molar-refractivity contribution is 9.10. The van der Waals surface area contributed by atoms with Gasteiger partial charge in [0.1, 0.15) is 0 Å². The second kappa shape index (κ2) is 6.65. The number of nitro benzene ring substituents is 1. The summed E-state index contributed by atoms with van der Waals surface area (Å²) < 4.78 is 0.818. The van der Waals surface area contributed by atoms with Gasteiger partial charge in [-0.05, 0) is 39.5 Å². The molecule has 0 bridgehead atoms. The molecular weight excluding hydrogens is 322 g/mol. The predicted molar refractivity (Wildman–Crippen MR) is 82.8 cm³/mol. The van der Waals surface area contributed by atoms with Crippen LogP contribution in [0.25, 0.3) is 0 Å². The second-order valence-corrected chi connectivity index (χ2v) is 6.34. The van der Waals surface area contributed by atoms with Gasteiger partial charge in [-0.3, -0.25) is 15.0 Å². The molecule has 1 saturated heterocycles. The third kappa shape index (κ3) is 3.56. The molecule has 0 saturated carbocycles. The molecule has 2 rings (SSSR count). The van der Waals surface area contributed by atoms with Gasteiger partial charge in [-0.2, -0.15) is 0 Å². The number of rotatable bonds is 4. The second-order valence-electron chi connectivity index (χ2n) is 5.49. The lowest BCUT2D eigenvalue weighted by molar-refractivity contribution is -0.385. The molecule has 1 fully saturated rings. The van der Waals surface area contributed by atoms with Crippen molar-refractivity contribution in [2.24, 2.45) is 0 Å².